The molecule has 34 heavy (non-hydrogen) atoms. The Balaban J connectivity index is 3.10. The number of nitrogens with zero attached hydrogens (tertiary/aromatic N) is 1. The summed E-state index contributed by atoms with van der Waals surface area (Å²) in [6, 6.07) is 8.66. The van der Waals surface area contributed by atoms with E-state index in [1.807, 2.05) is 30.3 Å². The van der Waals surface area contributed by atoms with Crippen molar-refractivity contribution < 1.29 is 33.0 Å². The minimum absolute atomic E-state index is 0.0201. The van der Waals surface area contributed by atoms with Gasteiger partial charge in [0, 0.05) is 6.54 Å². The van der Waals surface area contributed by atoms with Gasteiger partial charge < -0.3 is 23.5 Å². The predicted octanol–water partition coefficient (Wildman–Crippen LogP) is 4.92. The van der Waals surface area contributed by atoms with E-state index >= 15 is 0 Å². The Morgan fingerprint density at radius 2 is 1.53 bits per heavy atom. The van der Waals surface area contributed by atoms with Crippen molar-refractivity contribution in [3.8, 4) is 0 Å². The summed E-state index contributed by atoms with van der Waals surface area (Å²) in [4.78, 5) is 39.0. The predicted molar refractivity (Wildman–Crippen MR) is 133 cm³/mol. The fourth-order valence-electron chi connectivity index (χ4n) is 2.86. The van der Waals surface area contributed by atoms with Crippen LogP contribution in [-0.4, -0.2) is 63.7 Å². The van der Waals surface area contributed by atoms with Crippen molar-refractivity contribution in [2.24, 2.45) is 0 Å². The molecule has 0 aromatic heterocycles. The number of ether oxygens (including phenoxy) is 3. The van der Waals surface area contributed by atoms with Crippen LogP contribution < -0.4 is 0 Å². The molecule has 0 radical (unpaired) electrons. The van der Waals surface area contributed by atoms with Crippen LogP contribution in [0.1, 0.15) is 53.0 Å². The molecular weight excluding hydrogens is 454 g/mol. The average molecular weight is 496 g/mol. The smallest absolute Gasteiger partial charge is 0.410 e. The van der Waals surface area contributed by atoms with Crippen molar-refractivity contribution in [1.82, 2.24) is 4.90 Å². The summed E-state index contributed by atoms with van der Waals surface area (Å²) in [5, 5.41) is -0.0505. The summed E-state index contributed by atoms with van der Waals surface area (Å²) in [5.74, 6) is -0.869. The van der Waals surface area contributed by atoms with Gasteiger partial charge in [0.1, 0.15) is 6.61 Å². The number of hydrogen-bond acceptors (Lipinski definition) is 7. The normalized spacial score (nSPS) is 12.6. The fourth-order valence-corrected chi connectivity index (χ4v) is 3.90. The first-order valence-electron chi connectivity index (χ1n) is 11.8. The van der Waals surface area contributed by atoms with E-state index in [1.165, 1.54) is 4.90 Å². The van der Waals surface area contributed by atoms with E-state index in [0.717, 1.165) is 5.56 Å². The molecule has 0 fully saturated rings. The zero-order valence-corrected chi connectivity index (χ0v) is 22.7. The third-order valence-electron chi connectivity index (χ3n) is 5.89. The number of carbonyl (C=O) groups excluding carboxylic acids is 3. The number of carbonyl (C=O) groups is 3. The molecule has 1 aromatic rings. The molecular formula is C25H41NO7Si. The molecule has 1 aromatic carbocycles. The minimum Gasteiger partial charge on any atom is -0.466 e. The lowest BCUT2D eigenvalue weighted by atomic mass is 10.2. The van der Waals surface area contributed by atoms with Gasteiger partial charge in [0.2, 0.25) is 0 Å². The zero-order chi connectivity index (χ0) is 25.8. The van der Waals surface area contributed by atoms with E-state index in [1.54, 1.807) is 13.8 Å². The minimum atomic E-state index is -2.17. The van der Waals surface area contributed by atoms with Gasteiger partial charge in [0.15, 0.2) is 8.32 Å². The van der Waals surface area contributed by atoms with Crippen LogP contribution in [0.3, 0.4) is 0 Å². The van der Waals surface area contributed by atoms with E-state index in [2.05, 4.69) is 33.9 Å². The summed E-state index contributed by atoms with van der Waals surface area (Å²) in [6.45, 7) is 14.7. The van der Waals surface area contributed by atoms with Gasteiger partial charge in [-0.15, -0.1) is 0 Å². The largest absolute Gasteiger partial charge is 0.466 e. The maximum atomic E-state index is 13.1. The number of rotatable bonds is 13. The second kappa shape index (κ2) is 14.1. The van der Waals surface area contributed by atoms with Crippen LogP contribution in [0.2, 0.25) is 18.1 Å². The first-order chi connectivity index (χ1) is 15.9. The second-order valence-electron chi connectivity index (χ2n) is 9.52. The van der Waals surface area contributed by atoms with Crippen LogP contribution in [0.5, 0.6) is 0 Å². The topological polar surface area (TPSA) is 91.4 Å². The second-order valence-corrected chi connectivity index (χ2v) is 14.3. The van der Waals surface area contributed by atoms with Gasteiger partial charge in [0.05, 0.1) is 38.7 Å². The Morgan fingerprint density at radius 3 is 2.09 bits per heavy atom. The first kappa shape index (κ1) is 29.6. The van der Waals surface area contributed by atoms with E-state index in [-0.39, 0.29) is 50.9 Å². The van der Waals surface area contributed by atoms with Crippen LogP contribution in [0, 0.1) is 0 Å². The molecule has 0 heterocycles. The molecule has 1 atom stereocenters. The van der Waals surface area contributed by atoms with Crippen LogP contribution >= 0.6 is 0 Å². The third kappa shape index (κ3) is 10.3. The Morgan fingerprint density at radius 1 is 0.941 bits per heavy atom. The molecule has 9 heteroatoms. The van der Waals surface area contributed by atoms with Gasteiger partial charge in [-0.2, -0.15) is 0 Å². The van der Waals surface area contributed by atoms with E-state index < -0.39 is 32.4 Å². The molecule has 0 saturated heterocycles. The van der Waals surface area contributed by atoms with E-state index in [9.17, 15) is 14.4 Å². The van der Waals surface area contributed by atoms with E-state index in [4.69, 9.17) is 18.6 Å². The Hall–Kier alpha value is -2.39. The molecule has 0 aliphatic carbocycles. The lowest BCUT2D eigenvalue weighted by Crippen LogP contribution is -2.49. The molecule has 192 valence electrons. The molecule has 0 saturated carbocycles. The van der Waals surface area contributed by atoms with Crippen LogP contribution in [0.25, 0.3) is 0 Å². The zero-order valence-electron chi connectivity index (χ0n) is 21.7. The average Bonchev–Trinajstić information content (AvgIpc) is 2.76. The Labute approximate surface area is 205 Å². The number of esters is 2. The number of benzene rings is 1. The number of hydrogen-bond donors (Lipinski definition) is 0. The molecule has 0 N–H and O–H groups in total. The first-order valence-corrected chi connectivity index (χ1v) is 14.7. The van der Waals surface area contributed by atoms with Crippen molar-refractivity contribution >= 4 is 26.3 Å². The molecule has 0 spiro atoms. The lowest BCUT2D eigenvalue weighted by Gasteiger charge is -2.39. The fraction of sp³-hybridized carbons (Fsp3) is 0.640. The Bertz CT molecular complexity index is 777. The summed E-state index contributed by atoms with van der Waals surface area (Å²) in [6.07, 6.45) is -0.708. The lowest BCUT2D eigenvalue weighted by molar-refractivity contribution is -0.144. The summed E-state index contributed by atoms with van der Waals surface area (Å²) >= 11 is 0. The highest BCUT2D eigenvalue weighted by Gasteiger charge is 2.39. The highest BCUT2D eigenvalue weighted by Crippen LogP contribution is 2.36. The monoisotopic (exact) mass is 495 g/mol. The molecule has 0 aliphatic heterocycles. The third-order valence-corrected chi connectivity index (χ3v) is 10.4. The van der Waals surface area contributed by atoms with Gasteiger partial charge in [-0.3, -0.25) is 9.59 Å². The van der Waals surface area contributed by atoms with Gasteiger partial charge in [-0.25, -0.2) is 4.79 Å². The maximum absolute atomic E-state index is 13.1. The van der Waals surface area contributed by atoms with Crippen LogP contribution in [0.15, 0.2) is 30.3 Å². The summed E-state index contributed by atoms with van der Waals surface area (Å²) in [5.41, 5.74) is 0.834. The molecule has 1 unspecified atom stereocenters. The van der Waals surface area contributed by atoms with Crippen molar-refractivity contribution in [1.29, 1.82) is 0 Å². The van der Waals surface area contributed by atoms with Gasteiger partial charge in [-0.1, -0.05) is 51.1 Å². The van der Waals surface area contributed by atoms with Gasteiger partial charge in [-0.05, 0) is 37.5 Å². The quantitative estimate of drug-likeness (QED) is 0.218. The van der Waals surface area contributed by atoms with Crippen molar-refractivity contribution in [2.75, 3.05) is 26.4 Å². The molecule has 0 aliphatic rings. The highest BCUT2D eigenvalue weighted by atomic mass is 28.4. The summed E-state index contributed by atoms with van der Waals surface area (Å²) in [7, 11) is -2.17. The Kier molecular flexibility index (Phi) is 12.3. The van der Waals surface area contributed by atoms with Crippen molar-refractivity contribution in [3.63, 3.8) is 0 Å². The molecule has 1 rings (SSSR count). The van der Waals surface area contributed by atoms with Gasteiger partial charge >= 0.3 is 18.0 Å². The van der Waals surface area contributed by atoms with Crippen molar-refractivity contribution in [3.05, 3.63) is 35.9 Å². The molecule has 0 bridgehead atoms. The van der Waals surface area contributed by atoms with Gasteiger partial charge in [0.25, 0.3) is 0 Å². The SMILES string of the molecule is CCOC(=O)CCN(C(=O)OCc1ccccc1)C(CO[Si](C)(C)C(C)(C)C)CC(=O)OCC. The number of amides is 1. The van der Waals surface area contributed by atoms with Crippen molar-refractivity contribution in [2.45, 2.75) is 78.2 Å². The van der Waals surface area contributed by atoms with Crippen LogP contribution in [0.4, 0.5) is 4.79 Å². The molecule has 8 nitrogen and oxygen atoms in total. The molecule has 1 amide bonds. The van der Waals surface area contributed by atoms with Crippen LogP contribution in [-0.2, 0) is 34.8 Å². The summed E-state index contributed by atoms with van der Waals surface area (Å²) < 4.78 is 22.1. The maximum Gasteiger partial charge on any atom is 0.410 e. The standard InChI is InChI=1S/C25H41NO7Si/c1-8-30-22(27)15-16-26(24(29)32-18-20-13-11-10-12-14-20)21(17-23(28)31-9-2)19-33-34(6,7)25(3,4)5/h10-14,21H,8-9,15-19H2,1-7H3. The van der Waals surface area contributed by atoms with E-state index in [0.29, 0.717) is 0 Å². The highest BCUT2D eigenvalue weighted by molar-refractivity contribution is 6.74.